The van der Waals surface area contributed by atoms with Crippen LogP contribution in [0.5, 0.6) is 5.75 Å². The molecule has 0 radical (unpaired) electrons. The number of methoxy groups -OCH3 is 1. The molecule has 0 aliphatic carbocycles. The Hall–Kier alpha value is -3.22. The first-order valence-electron chi connectivity index (χ1n) is 8.81. The molecule has 0 fully saturated rings. The van der Waals surface area contributed by atoms with E-state index in [1.807, 2.05) is 0 Å². The number of hydrogen-bond donors (Lipinski definition) is 0. The summed E-state index contributed by atoms with van der Waals surface area (Å²) in [5.74, 6) is -2.61. The summed E-state index contributed by atoms with van der Waals surface area (Å²) < 4.78 is 23.9. The average Bonchev–Trinajstić information content (AvgIpc) is 2.92. The number of hydrogen-bond acceptors (Lipinski definition) is 5. The summed E-state index contributed by atoms with van der Waals surface area (Å²) in [6.07, 6.45) is 0. The molecule has 2 aromatic rings. The SMILES string of the molecule is COc1ccc(COC(=O)[C@@H](C(C)C)N2C(=O)c3ccccc3C2=O)cc1F. The first-order chi connectivity index (χ1) is 13.3. The van der Waals surface area contributed by atoms with E-state index in [-0.39, 0.29) is 29.4 Å². The van der Waals surface area contributed by atoms with Gasteiger partial charge in [0.2, 0.25) is 0 Å². The van der Waals surface area contributed by atoms with Crippen molar-refractivity contribution in [1.29, 1.82) is 0 Å². The van der Waals surface area contributed by atoms with Crippen molar-refractivity contribution in [3.05, 3.63) is 65.0 Å². The van der Waals surface area contributed by atoms with Crippen LogP contribution in [-0.2, 0) is 16.1 Å². The second-order valence-electron chi connectivity index (χ2n) is 6.79. The smallest absolute Gasteiger partial charge is 0.329 e. The molecule has 2 amide bonds. The fourth-order valence-corrected chi connectivity index (χ4v) is 3.18. The Balaban J connectivity index is 1.78. The highest BCUT2D eigenvalue weighted by Crippen LogP contribution is 2.28. The monoisotopic (exact) mass is 385 g/mol. The van der Waals surface area contributed by atoms with Gasteiger partial charge in [0.25, 0.3) is 11.8 Å². The van der Waals surface area contributed by atoms with Gasteiger partial charge in [-0.1, -0.05) is 32.0 Å². The fraction of sp³-hybridized carbons (Fsp3) is 0.286. The largest absolute Gasteiger partial charge is 0.494 e. The fourth-order valence-electron chi connectivity index (χ4n) is 3.18. The van der Waals surface area contributed by atoms with Crippen LogP contribution >= 0.6 is 0 Å². The lowest BCUT2D eigenvalue weighted by Gasteiger charge is -2.27. The summed E-state index contributed by atoms with van der Waals surface area (Å²) in [4.78, 5) is 39.0. The van der Waals surface area contributed by atoms with Gasteiger partial charge in [-0.3, -0.25) is 14.5 Å². The third-order valence-electron chi connectivity index (χ3n) is 4.57. The Morgan fingerprint density at radius 3 is 2.18 bits per heavy atom. The van der Waals surface area contributed by atoms with Gasteiger partial charge in [0, 0.05) is 0 Å². The zero-order chi connectivity index (χ0) is 20.4. The van der Waals surface area contributed by atoms with Crippen LogP contribution in [0, 0.1) is 11.7 Å². The number of ether oxygens (including phenoxy) is 2. The highest BCUT2D eigenvalue weighted by molar-refractivity contribution is 6.22. The van der Waals surface area contributed by atoms with Crippen molar-refractivity contribution in [3.8, 4) is 5.75 Å². The molecule has 3 rings (SSSR count). The van der Waals surface area contributed by atoms with Gasteiger partial charge >= 0.3 is 5.97 Å². The minimum Gasteiger partial charge on any atom is -0.494 e. The lowest BCUT2D eigenvalue weighted by molar-refractivity contribution is -0.151. The lowest BCUT2D eigenvalue weighted by Crippen LogP contribution is -2.48. The molecule has 0 N–H and O–H groups in total. The molecule has 0 saturated carbocycles. The molecule has 146 valence electrons. The molecule has 0 aromatic heterocycles. The van der Waals surface area contributed by atoms with E-state index in [0.29, 0.717) is 5.56 Å². The van der Waals surface area contributed by atoms with Crippen molar-refractivity contribution in [2.45, 2.75) is 26.5 Å². The third-order valence-corrected chi connectivity index (χ3v) is 4.57. The number of nitrogens with zero attached hydrogens (tertiary/aromatic N) is 1. The van der Waals surface area contributed by atoms with E-state index in [4.69, 9.17) is 9.47 Å². The summed E-state index contributed by atoms with van der Waals surface area (Å²) in [6.45, 7) is 3.26. The first kappa shape index (κ1) is 19.5. The molecule has 1 atom stereocenters. The maximum absolute atomic E-state index is 13.8. The summed E-state index contributed by atoms with van der Waals surface area (Å²) >= 11 is 0. The van der Waals surface area contributed by atoms with E-state index in [1.54, 1.807) is 44.2 Å². The van der Waals surface area contributed by atoms with Crippen LogP contribution in [0.2, 0.25) is 0 Å². The lowest BCUT2D eigenvalue weighted by atomic mass is 10.0. The summed E-state index contributed by atoms with van der Waals surface area (Å²) in [6, 6.07) is 9.57. The minimum atomic E-state index is -1.07. The molecule has 0 saturated heterocycles. The Bertz CT molecular complexity index is 905. The second-order valence-corrected chi connectivity index (χ2v) is 6.79. The molecule has 0 spiro atoms. The van der Waals surface area contributed by atoms with Gasteiger partial charge in [-0.25, -0.2) is 9.18 Å². The molecule has 2 aromatic carbocycles. The van der Waals surface area contributed by atoms with Gasteiger partial charge in [0.15, 0.2) is 11.6 Å². The predicted molar refractivity (Wildman–Crippen MR) is 98.3 cm³/mol. The van der Waals surface area contributed by atoms with Gasteiger partial charge in [-0.2, -0.15) is 0 Å². The number of benzene rings is 2. The topological polar surface area (TPSA) is 72.9 Å². The predicted octanol–water partition coefficient (Wildman–Crippen LogP) is 3.20. The van der Waals surface area contributed by atoms with Crippen LogP contribution in [0.1, 0.15) is 40.1 Å². The number of carbonyl (C=O) groups is 3. The number of rotatable bonds is 6. The van der Waals surface area contributed by atoms with E-state index < -0.39 is 29.6 Å². The number of carbonyl (C=O) groups excluding carboxylic acids is 3. The normalized spacial score (nSPS) is 14.2. The van der Waals surface area contributed by atoms with E-state index in [2.05, 4.69) is 0 Å². The van der Waals surface area contributed by atoms with Gasteiger partial charge in [0.05, 0.1) is 18.2 Å². The number of esters is 1. The van der Waals surface area contributed by atoms with Crippen molar-refractivity contribution >= 4 is 17.8 Å². The Morgan fingerprint density at radius 2 is 1.68 bits per heavy atom. The van der Waals surface area contributed by atoms with Crippen LogP contribution in [-0.4, -0.2) is 35.8 Å². The van der Waals surface area contributed by atoms with Crippen LogP contribution < -0.4 is 4.74 Å². The van der Waals surface area contributed by atoms with Crippen molar-refractivity contribution in [2.24, 2.45) is 5.92 Å². The highest BCUT2D eigenvalue weighted by Gasteiger charge is 2.44. The zero-order valence-corrected chi connectivity index (χ0v) is 15.8. The first-order valence-corrected chi connectivity index (χ1v) is 8.81. The van der Waals surface area contributed by atoms with Gasteiger partial charge in [0.1, 0.15) is 12.6 Å². The number of imide groups is 1. The molecule has 1 aliphatic heterocycles. The van der Waals surface area contributed by atoms with Crippen molar-refractivity contribution in [1.82, 2.24) is 4.90 Å². The van der Waals surface area contributed by atoms with E-state index in [9.17, 15) is 18.8 Å². The molecule has 0 bridgehead atoms. The van der Waals surface area contributed by atoms with Gasteiger partial charge in [-0.05, 0) is 35.7 Å². The molecule has 6 nitrogen and oxygen atoms in total. The van der Waals surface area contributed by atoms with Crippen LogP contribution in [0.3, 0.4) is 0 Å². The number of amides is 2. The Morgan fingerprint density at radius 1 is 1.07 bits per heavy atom. The van der Waals surface area contributed by atoms with Crippen molar-refractivity contribution in [2.75, 3.05) is 7.11 Å². The van der Waals surface area contributed by atoms with Gasteiger partial charge < -0.3 is 9.47 Å². The highest BCUT2D eigenvalue weighted by atomic mass is 19.1. The standard InChI is InChI=1S/C21H20FNO5/c1-12(2)18(23-19(24)14-6-4-5-7-15(14)20(23)25)21(26)28-11-13-8-9-17(27-3)16(22)10-13/h4-10,12,18H,11H2,1-3H3/t18-/m1/s1. The van der Waals surface area contributed by atoms with E-state index >= 15 is 0 Å². The molecule has 1 heterocycles. The molecular weight excluding hydrogens is 365 g/mol. The molecule has 0 unspecified atom stereocenters. The minimum absolute atomic E-state index is 0.0844. The van der Waals surface area contributed by atoms with Crippen LogP contribution in [0.25, 0.3) is 0 Å². The van der Waals surface area contributed by atoms with Crippen LogP contribution in [0.15, 0.2) is 42.5 Å². The van der Waals surface area contributed by atoms with Crippen molar-refractivity contribution in [3.63, 3.8) is 0 Å². The molecule has 1 aliphatic rings. The summed E-state index contributed by atoms with van der Waals surface area (Å²) in [5, 5.41) is 0. The van der Waals surface area contributed by atoms with E-state index in [1.165, 1.54) is 19.2 Å². The zero-order valence-electron chi connectivity index (χ0n) is 15.8. The van der Waals surface area contributed by atoms with Crippen LogP contribution in [0.4, 0.5) is 4.39 Å². The van der Waals surface area contributed by atoms with Gasteiger partial charge in [-0.15, -0.1) is 0 Å². The molecule has 28 heavy (non-hydrogen) atoms. The van der Waals surface area contributed by atoms with E-state index in [0.717, 1.165) is 4.90 Å². The maximum Gasteiger partial charge on any atom is 0.329 e. The quantitative estimate of drug-likeness (QED) is 0.564. The maximum atomic E-state index is 13.8. The Labute approximate surface area is 161 Å². The second kappa shape index (κ2) is 7.80. The molecular formula is C21H20FNO5. The summed E-state index contributed by atoms with van der Waals surface area (Å²) in [7, 11) is 1.35. The Kier molecular flexibility index (Phi) is 5.44. The number of halogens is 1. The summed E-state index contributed by atoms with van der Waals surface area (Å²) in [5.41, 5.74) is 0.961. The third kappa shape index (κ3) is 3.47. The molecule has 7 heteroatoms. The average molecular weight is 385 g/mol. The van der Waals surface area contributed by atoms with Crippen molar-refractivity contribution < 1.29 is 28.2 Å². The number of fused-ring (bicyclic) bond motifs is 1.